The minimum atomic E-state index is -5.08. The van der Waals surface area contributed by atoms with Gasteiger partial charge in [-0.15, -0.1) is 0 Å². The largest absolute Gasteiger partial charge is 0.490 e. The molecule has 0 aromatic carbocycles. The predicted molar refractivity (Wildman–Crippen MR) is 105 cm³/mol. The van der Waals surface area contributed by atoms with Gasteiger partial charge in [-0.2, -0.15) is 24.5 Å². The topological polar surface area (TPSA) is 95.9 Å². The molecule has 30 heavy (non-hydrogen) atoms. The van der Waals surface area contributed by atoms with Gasteiger partial charge in [-0.05, 0) is 54.5 Å². The highest BCUT2D eigenvalue weighted by molar-refractivity contribution is 7.90. The summed E-state index contributed by atoms with van der Waals surface area (Å²) in [4.78, 5) is 11.3. The number of nitrogens with one attached hydrogen (secondary N) is 1. The molecule has 3 fully saturated rings. The number of carbonyl (C=O) groups is 1. The van der Waals surface area contributed by atoms with E-state index in [1.54, 1.807) is 11.3 Å². The molecular weight excluding hydrogens is 445 g/mol. The maximum Gasteiger partial charge on any atom is 0.490 e. The average Bonchev–Trinajstić information content (AvgIpc) is 3.28. The zero-order chi connectivity index (χ0) is 22.0. The summed E-state index contributed by atoms with van der Waals surface area (Å²) in [5.74, 6) is -2.76. The molecule has 1 spiro atoms. The Balaban J connectivity index is 0.000000318. The summed E-state index contributed by atoms with van der Waals surface area (Å²) >= 11 is 1.73. The van der Waals surface area contributed by atoms with Gasteiger partial charge in [0.25, 0.3) is 0 Å². The van der Waals surface area contributed by atoms with Gasteiger partial charge in [0.05, 0.1) is 10.9 Å². The molecule has 0 amide bonds. The Hall–Kier alpha value is -1.21. The van der Waals surface area contributed by atoms with E-state index in [2.05, 4.69) is 26.4 Å². The number of hydrogen-bond donors (Lipinski definition) is 2. The Labute approximate surface area is 177 Å². The Morgan fingerprint density at radius 3 is 2.63 bits per heavy atom. The SMILES string of the molecule is O=C(O)C(F)(F)F.O=S(=O)(N[C@H]1CCO[C@]2(CCN(Cc3ccsc3)C2)C1)C1CC1. The van der Waals surface area contributed by atoms with Crippen LogP contribution in [0, 0.1) is 0 Å². The van der Waals surface area contributed by atoms with E-state index in [9.17, 15) is 21.6 Å². The van der Waals surface area contributed by atoms with E-state index >= 15 is 0 Å². The van der Waals surface area contributed by atoms with Gasteiger partial charge >= 0.3 is 12.1 Å². The zero-order valence-electron chi connectivity index (χ0n) is 16.2. The number of nitrogens with zero attached hydrogens (tertiary/aromatic N) is 1. The molecule has 170 valence electrons. The fourth-order valence-electron chi connectivity index (χ4n) is 3.82. The molecule has 2 atom stereocenters. The highest BCUT2D eigenvalue weighted by atomic mass is 32.2. The van der Waals surface area contributed by atoms with Gasteiger partial charge in [-0.3, -0.25) is 4.90 Å². The van der Waals surface area contributed by atoms with Gasteiger partial charge in [0, 0.05) is 32.3 Å². The number of hydrogen-bond acceptors (Lipinski definition) is 6. The van der Waals surface area contributed by atoms with Gasteiger partial charge in [-0.1, -0.05) is 0 Å². The quantitative estimate of drug-likeness (QED) is 0.687. The molecule has 1 aromatic heterocycles. The molecule has 2 aliphatic heterocycles. The van der Waals surface area contributed by atoms with E-state index in [0.29, 0.717) is 6.61 Å². The van der Waals surface area contributed by atoms with E-state index in [-0.39, 0.29) is 16.9 Å². The second-order valence-corrected chi connectivity index (χ2v) is 10.8. The molecule has 1 aromatic rings. The van der Waals surface area contributed by atoms with Crippen molar-refractivity contribution in [3.63, 3.8) is 0 Å². The van der Waals surface area contributed by atoms with Crippen molar-refractivity contribution in [3.8, 4) is 0 Å². The summed E-state index contributed by atoms with van der Waals surface area (Å²) in [5, 5.41) is 11.3. The average molecular weight is 471 g/mol. The van der Waals surface area contributed by atoms with Crippen molar-refractivity contribution in [2.75, 3.05) is 19.7 Å². The first-order chi connectivity index (χ1) is 14.0. The normalized spacial score (nSPS) is 27.6. The molecular formula is C18H25F3N2O5S2. The second kappa shape index (κ2) is 9.11. The Morgan fingerprint density at radius 2 is 2.07 bits per heavy atom. The molecule has 4 rings (SSSR count). The minimum Gasteiger partial charge on any atom is -0.475 e. The summed E-state index contributed by atoms with van der Waals surface area (Å²) in [6.45, 7) is 3.56. The van der Waals surface area contributed by atoms with Crippen molar-refractivity contribution in [1.29, 1.82) is 0 Å². The lowest BCUT2D eigenvalue weighted by atomic mass is 9.90. The summed E-state index contributed by atoms with van der Waals surface area (Å²) in [7, 11) is -3.11. The molecule has 0 radical (unpaired) electrons. The Morgan fingerprint density at radius 1 is 1.37 bits per heavy atom. The lowest BCUT2D eigenvalue weighted by Gasteiger charge is -2.38. The van der Waals surface area contributed by atoms with Crippen LogP contribution in [0.4, 0.5) is 13.2 Å². The van der Waals surface area contributed by atoms with Crippen LogP contribution in [-0.2, 0) is 26.1 Å². The van der Waals surface area contributed by atoms with E-state index in [1.165, 1.54) is 5.56 Å². The molecule has 3 heterocycles. The summed E-state index contributed by atoms with van der Waals surface area (Å²) in [6, 6.07) is 2.21. The van der Waals surface area contributed by atoms with Crippen molar-refractivity contribution in [2.45, 2.75) is 61.7 Å². The van der Waals surface area contributed by atoms with Crippen LogP contribution >= 0.6 is 11.3 Å². The van der Waals surface area contributed by atoms with Crippen LogP contribution < -0.4 is 4.72 Å². The highest BCUT2D eigenvalue weighted by Gasteiger charge is 2.45. The van der Waals surface area contributed by atoms with E-state index in [1.807, 2.05) is 0 Å². The first-order valence-electron chi connectivity index (χ1n) is 9.68. The van der Waals surface area contributed by atoms with Gasteiger partial charge in [-0.25, -0.2) is 17.9 Å². The van der Waals surface area contributed by atoms with Crippen LogP contribution in [0.15, 0.2) is 16.8 Å². The van der Waals surface area contributed by atoms with Crippen molar-refractivity contribution in [3.05, 3.63) is 22.4 Å². The van der Waals surface area contributed by atoms with E-state index in [0.717, 1.165) is 51.7 Å². The molecule has 3 aliphatic rings. The third-order valence-corrected chi connectivity index (χ3v) is 8.15. The first-order valence-corrected chi connectivity index (χ1v) is 12.2. The van der Waals surface area contributed by atoms with Crippen molar-refractivity contribution in [1.82, 2.24) is 9.62 Å². The molecule has 1 aliphatic carbocycles. The monoisotopic (exact) mass is 470 g/mol. The summed E-state index contributed by atoms with van der Waals surface area (Å²) < 4.78 is 65.2. The van der Waals surface area contributed by atoms with Crippen LogP contribution in [0.1, 0.15) is 37.7 Å². The van der Waals surface area contributed by atoms with Crippen LogP contribution in [0.5, 0.6) is 0 Å². The zero-order valence-corrected chi connectivity index (χ0v) is 17.9. The summed E-state index contributed by atoms with van der Waals surface area (Å²) in [6.07, 6.45) is -0.855. The molecule has 0 unspecified atom stereocenters. The van der Waals surface area contributed by atoms with E-state index < -0.39 is 22.2 Å². The number of sulfonamides is 1. The van der Waals surface area contributed by atoms with Crippen LogP contribution in [0.2, 0.25) is 0 Å². The number of halogens is 3. The number of ether oxygens (including phenoxy) is 1. The first kappa shape index (κ1) is 23.5. The number of carboxylic acid groups (broad SMARTS) is 1. The molecule has 0 bridgehead atoms. The third-order valence-electron chi connectivity index (χ3n) is 5.41. The van der Waals surface area contributed by atoms with Gasteiger partial charge < -0.3 is 9.84 Å². The van der Waals surface area contributed by atoms with E-state index in [4.69, 9.17) is 14.6 Å². The number of aliphatic carboxylic acids is 1. The molecule has 2 N–H and O–H groups in total. The van der Waals surface area contributed by atoms with Crippen molar-refractivity contribution in [2.24, 2.45) is 0 Å². The van der Waals surface area contributed by atoms with Crippen molar-refractivity contribution < 1.29 is 36.2 Å². The highest BCUT2D eigenvalue weighted by Crippen LogP contribution is 2.36. The molecule has 7 nitrogen and oxygen atoms in total. The van der Waals surface area contributed by atoms with Gasteiger partial charge in [0.1, 0.15) is 0 Å². The maximum absolute atomic E-state index is 12.2. The lowest BCUT2D eigenvalue weighted by molar-refractivity contribution is -0.192. The molecule has 2 saturated heterocycles. The number of likely N-dealkylation sites (tertiary alicyclic amines) is 1. The fraction of sp³-hybridized carbons (Fsp3) is 0.722. The van der Waals surface area contributed by atoms with Gasteiger partial charge in [0.2, 0.25) is 10.0 Å². The minimum absolute atomic E-state index is 0.0375. The predicted octanol–water partition coefficient (Wildman–Crippen LogP) is 2.59. The smallest absolute Gasteiger partial charge is 0.475 e. The maximum atomic E-state index is 12.2. The lowest BCUT2D eigenvalue weighted by Crippen LogP contribution is -2.50. The van der Waals surface area contributed by atoms with Crippen LogP contribution in [0.3, 0.4) is 0 Å². The standard InChI is InChI=1S/C16H24N2O3S2.C2HF3O2/c19-23(20,15-1-2-15)17-14-3-7-21-16(9-14)5-6-18(12-16)10-13-4-8-22-11-13;3-2(4,5)1(6)7/h4,8,11,14-15,17H,1-3,5-7,9-10,12H2;(H,6,7)/t14-,16+;/m0./s1. The number of carboxylic acids is 1. The number of thiophene rings is 1. The Kier molecular flexibility index (Phi) is 7.12. The van der Waals surface area contributed by atoms with Crippen LogP contribution in [-0.4, -0.2) is 67.2 Å². The second-order valence-electron chi connectivity index (χ2n) is 7.98. The number of alkyl halides is 3. The number of rotatable bonds is 5. The van der Waals surface area contributed by atoms with Crippen LogP contribution in [0.25, 0.3) is 0 Å². The molecule has 12 heteroatoms. The fourth-order valence-corrected chi connectivity index (χ4v) is 6.10. The van der Waals surface area contributed by atoms with Gasteiger partial charge in [0.15, 0.2) is 0 Å². The van der Waals surface area contributed by atoms with Crippen molar-refractivity contribution >= 4 is 27.3 Å². The Bertz CT molecular complexity index is 827. The summed E-state index contributed by atoms with van der Waals surface area (Å²) in [5.41, 5.74) is 1.19. The molecule has 1 saturated carbocycles. The third kappa shape index (κ3) is 6.39.